The van der Waals surface area contributed by atoms with Crippen LogP contribution in [0.5, 0.6) is 0 Å². The topological polar surface area (TPSA) is 51.8 Å². The summed E-state index contributed by atoms with van der Waals surface area (Å²) in [6.45, 7) is 0. The Bertz CT molecular complexity index is 599. The second-order valence-electron chi connectivity index (χ2n) is 4.65. The lowest BCUT2D eigenvalue weighted by Gasteiger charge is -2.05. The Morgan fingerprint density at radius 3 is 2.84 bits per heavy atom. The van der Waals surface area contributed by atoms with Crippen molar-refractivity contribution in [2.45, 2.75) is 29.4 Å². The number of aromatic nitrogens is 2. The Labute approximate surface area is 125 Å². The number of nitrogens with zero attached hydrogens (tertiary/aromatic N) is 2. The van der Waals surface area contributed by atoms with Gasteiger partial charge in [-0.2, -0.15) is 0 Å². The number of thioether (sulfide) groups is 1. The van der Waals surface area contributed by atoms with Crippen molar-refractivity contribution in [1.29, 1.82) is 0 Å². The average molecular weight is 336 g/mol. The lowest BCUT2D eigenvalue weighted by Crippen LogP contribution is -2.01. The third-order valence-electron chi connectivity index (χ3n) is 2.97. The van der Waals surface area contributed by atoms with Gasteiger partial charge < -0.3 is 5.73 Å². The van der Waals surface area contributed by atoms with Crippen LogP contribution in [0.15, 0.2) is 39.7 Å². The lowest BCUT2D eigenvalue weighted by molar-refractivity contribution is 0.937. The van der Waals surface area contributed by atoms with Crippen molar-refractivity contribution in [3.63, 3.8) is 0 Å². The van der Waals surface area contributed by atoms with Crippen LogP contribution in [0.25, 0.3) is 0 Å². The molecule has 1 heterocycles. The Morgan fingerprint density at radius 1 is 1.26 bits per heavy atom. The maximum atomic E-state index is 5.85. The normalized spacial score (nSPS) is 14.6. The first-order chi connectivity index (χ1) is 9.20. The molecule has 1 aromatic heterocycles. The van der Waals surface area contributed by atoms with Crippen molar-refractivity contribution in [3.05, 3.63) is 46.3 Å². The molecule has 5 heteroatoms. The van der Waals surface area contributed by atoms with Crippen LogP contribution in [-0.4, -0.2) is 9.97 Å². The largest absolute Gasteiger partial charge is 0.384 e. The number of anilines is 1. The summed E-state index contributed by atoms with van der Waals surface area (Å²) in [5.41, 5.74) is 6.96. The lowest BCUT2D eigenvalue weighted by atomic mass is 10.3. The molecule has 0 amide bonds. The minimum absolute atomic E-state index is 0.585. The molecule has 3 nitrogen and oxygen atoms in total. The fraction of sp³-hybridized carbons (Fsp3) is 0.286. The van der Waals surface area contributed by atoms with Crippen LogP contribution in [0.2, 0.25) is 0 Å². The standard InChI is InChI=1S/C14H14BrN3S/c15-10-2-1-3-11(6-10)19-8-14-17-12(9-4-5-9)7-13(16)18-14/h1-3,6-7,9H,4-5,8H2,(H2,16,17,18). The van der Waals surface area contributed by atoms with Gasteiger partial charge in [-0.3, -0.25) is 0 Å². The molecule has 1 saturated carbocycles. The summed E-state index contributed by atoms with van der Waals surface area (Å²) in [6, 6.07) is 10.1. The fourth-order valence-corrected chi connectivity index (χ4v) is 3.26. The zero-order valence-corrected chi connectivity index (χ0v) is 12.7. The Morgan fingerprint density at radius 2 is 2.11 bits per heavy atom. The van der Waals surface area contributed by atoms with Gasteiger partial charge in [-0.25, -0.2) is 9.97 Å². The van der Waals surface area contributed by atoms with E-state index in [1.165, 1.54) is 17.7 Å². The Balaban J connectivity index is 1.72. The quantitative estimate of drug-likeness (QED) is 0.858. The molecule has 0 atom stereocenters. The van der Waals surface area contributed by atoms with Crippen LogP contribution in [-0.2, 0) is 5.75 Å². The maximum Gasteiger partial charge on any atom is 0.141 e. The highest BCUT2D eigenvalue weighted by atomic mass is 79.9. The van der Waals surface area contributed by atoms with Gasteiger partial charge in [0.1, 0.15) is 11.6 Å². The number of hydrogen-bond acceptors (Lipinski definition) is 4. The van der Waals surface area contributed by atoms with Crippen molar-refractivity contribution in [2.24, 2.45) is 0 Å². The molecule has 1 aliphatic rings. The number of hydrogen-bond donors (Lipinski definition) is 1. The second-order valence-corrected chi connectivity index (χ2v) is 6.62. The number of halogens is 1. The summed E-state index contributed by atoms with van der Waals surface area (Å²) in [7, 11) is 0. The van der Waals surface area contributed by atoms with Gasteiger partial charge in [0, 0.05) is 27.0 Å². The van der Waals surface area contributed by atoms with E-state index >= 15 is 0 Å². The van der Waals surface area contributed by atoms with Gasteiger partial charge >= 0.3 is 0 Å². The Kier molecular flexibility index (Phi) is 3.75. The molecule has 3 rings (SSSR count). The van der Waals surface area contributed by atoms with Crippen molar-refractivity contribution in [2.75, 3.05) is 5.73 Å². The molecule has 0 radical (unpaired) electrons. The van der Waals surface area contributed by atoms with E-state index in [9.17, 15) is 0 Å². The van der Waals surface area contributed by atoms with Gasteiger partial charge in [0.25, 0.3) is 0 Å². The van der Waals surface area contributed by atoms with E-state index in [0.29, 0.717) is 11.7 Å². The van der Waals surface area contributed by atoms with Crippen LogP contribution in [0.3, 0.4) is 0 Å². The van der Waals surface area contributed by atoms with E-state index in [-0.39, 0.29) is 0 Å². The third-order valence-corrected chi connectivity index (χ3v) is 4.45. The Hall–Kier alpha value is -1.07. The van der Waals surface area contributed by atoms with Gasteiger partial charge in [0.05, 0.1) is 5.75 Å². The average Bonchev–Trinajstić information content (AvgIpc) is 3.20. The van der Waals surface area contributed by atoms with Crippen molar-refractivity contribution < 1.29 is 0 Å². The first-order valence-corrected chi connectivity index (χ1v) is 8.00. The highest BCUT2D eigenvalue weighted by Gasteiger charge is 2.25. The summed E-state index contributed by atoms with van der Waals surface area (Å²) in [4.78, 5) is 10.1. The third kappa shape index (κ3) is 3.48. The zero-order chi connectivity index (χ0) is 13.2. The molecular formula is C14H14BrN3S. The minimum Gasteiger partial charge on any atom is -0.384 e. The predicted molar refractivity (Wildman–Crippen MR) is 82.1 cm³/mol. The number of nitrogen functional groups attached to an aromatic ring is 1. The molecule has 1 aromatic carbocycles. The van der Waals surface area contributed by atoms with E-state index < -0.39 is 0 Å². The van der Waals surface area contributed by atoms with Gasteiger partial charge in [-0.15, -0.1) is 11.8 Å². The number of rotatable bonds is 4. The van der Waals surface area contributed by atoms with E-state index in [0.717, 1.165) is 21.7 Å². The van der Waals surface area contributed by atoms with Gasteiger partial charge in [0.15, 0.2) is 0 Å². The first-order valence-electron chi connectivity index (χ1n) is 6.22. The number of benzene rings is 1. The van der Waals surface area contributed by atoms with E-state index in [2.05, 4.69) is 38.0 Å². The molecule has 19 heavy (non-hydrogen) atoms. The van der Waals surface area contributed by atoms with Crippen molar-refractivity contribution in [3.8, 4) is 0 Å². The molecule has 0 unspecified atom stereocenters. The molecule has 98 valence electrons. The van der Waals surface area contributed by atoms with Gasteiger partial charge in [-0.05, 0) is 31.0 Å². The smallest absolute Gasteiger partial charge is 0.141 e. The molecule has 0 bridgehead atoms. The fourth-order valence-electron chi connectivity index (χ4n) is 1.90. The summed E-state index contributed by atoms with van der Waals surface area (Å²) in [6.07, 6.45) is 2.46. The van der Waals surface area contributed by atoms with Crippen LogP contribution in [0, 0.1) is 0 Å². The second kappa shape index (κ2) is 5.51. The van der Waals surface area contributed by atoms with Crippen molar-refractivity contribution in [1.82, 2.24) is 9.97 Å². The predicted octanol–water partition coefficient (Wildman–Crippen LogP) is 3.99. The summed E-state index contributed by atoms with van der Waals surface area (Å²) in [5.74, 6) is 2.77. The highest BCUT2D eigenvalue weighted by molar-refractivity contribution is 9.10. The molecule has 2 aromatic rings. The van der Waals surface area contributed by atoms with Crippen molar-refractivity contribution >= 4 is 33.5 Å². The molecule has 1 aliphatic carbocycles. The van der Waals surface area contributed by atoms with Crippen LogP contribution in [0.4, 0.5) is 5.82 Å². The highest BCUT2D eigenvalue weighted by Crippen LogP contribution is 2.39. The van der Waals surface area contributed by atoms with Crippen LogP contribution >= 0.6 is 27.7 Å². The molecule has 0 spiro atoms. The van der Waals surface area contributed by atoms with E-state index in [4.69, 9.17) is 5.73 Å². The molecular weight excluding hydrogens is 322 g/mol. The minimum atomic E-state index is 0.585. The molecule has 0 aliphatic heterocycles. The molecule has 2 N–H and O–H groups in total. The zero-order valence-electron chi connectivity index (χ0n) is 10.3. The van der Waals surface area contributed by atoms with Crippen LogP contribution < -0.4 is 5.73 Å². The maximum absolute atomic E-state index is 5.85. The van der Waals surface area contributed by atoms with Gasteiger partial charge in [0.2, 0.25) is 0 Å². The summed E-state index contributed by atoms with van der Waals surface area (Å²) >= 11 is 5.20. The summed E-state index contributed by atoms with van der Waals surface area (Å²) < 4.78 is 1.09. The molecule has 1 fully saturated rings. The monoisotopic (exact) mass is 335 g/mol. The summed E-state index contributed by atoms with van der Waals surface area (Å²) in [5, 5.41) is 0. The van der Waals surface area contributed by atoms with E-state index in [1.807, 2.05) is 18.2 Å². The molecule has 0 saturated heterocycles. The van der Waals surface area contributed by atoms with E-state index in [1.54, 1.807) is 11.8 Å². The van der Waals surface area contributed by atoms with Crippen LogP contribution in [0.1, 0.15) is 30.3 Å². The first kappa shape index (κ1) is 12.9. The SMILES string of the molecule is Nc1cc(C2CC2)nc(CSc2cccc(Br)c2)n1. The van der Waals surface area contributed by atoms with Gasteiger partial charge in [-0.1, -0.05) is 22.0 Å². The number of nitrogens with two attached hydrogens (primary N) is 1.